The summed E-state index contributed by atoms with van der Waals surface area (Å²) in [5.41, 5.74) is 4.38. The van der Waals surface area contributed by atoms with Gasteiger partial charge in [0.05, 0.1) is 5.52 Å². The number of nitrogens with zero attached hydrogens (tertiary/aromatic N) is 4. The third-order valence-corrected chi connectivity index (χ3v) is 6.47. The lowest BCUT2D eigenvalue weighted by Gasteiger charge is -2.35. The van der Waals surface area contributed by atoms with Gasteiger partial charge in [0.2, 0.25) is 0 Å². The zero-order valence-corrected chi connectivity index (χ0v) is 22.1. The number of aromatic nitrogens is 1. The fraction of sp³-hybridized carbons (Fsp3) is 0.444. The minimum atomic E-state index is -1.04. The van der Waals surface area contributed by atoms with Crippen LogP contribution in [-0.2, 0) is 25.7 Å². The number of hydrogen-bond donors (Lipinski definition) is 2. The summed E-state index contributed by atoms with van der Waals surface area (Å²) in [4.78, 5) is 57.6. The maximum Gasteiger partial charge on any atom is 0.410 e. The first kappa shape index (κ1) is 27.1. The molecule has 0 saturated carbocycles. The number of para-hydroxylation sites is 1. The summed E-state index contributed by atoms with van der Waals surface area (Å²) in [5.74, 6) is -1.79. The Morgan fingerprint density at radius 1 is 1.08 bits per heavy atom. The summed E-state index contributed by atoms with van der Waals surface area (Å²) >= 11 is 0. The fourth-order valence-electron chi connectivity index (χ4n) is 4.52. The number of imide groups is 1. The highest BCUT2D eigenvalue weighted by atomic mass is 16.6. The lowest BCUT2D eigenvalue weighted by molar-refractivity contribution is -0.137. The first-order valence-corrected chi connectivity index (χ1v) is 12.6. The van der Waals surface area contributed by atoms with Crippen molar-refractivity contribution in [1.29, 1.82) is 0 Å². The van der Waals surface area contributed by atoms with E-state index < -0.39 is 23.4 Å². The van der Waals surface area contributed by atoms with Gasteiger partial charge in [-0.3, -0.25) is 24.7 Å². The van der Waals surface area contributed by atoms with Crippen LogP contribution in [0.5, 0.6) is 0 Å². The molecule has 0 bridgehead atoms. The number of hydrazine groups is 1. The molecular formula is C27H33N5O6. The molecule has 1 aromatic heterocycles. The first-order chi connectivity index (χ1) is 17.9. The van der Waals surface area contributed by atoms with Crippen LogP contribution in [0.3, 0.4) is 0 Å². The molecular weight excluding hydrogens is 490 g/mol. The Morgan fingerprint density at radius 2 is 1.76 bits per heavy atom. The van der Waals surface area contributed by atoms with E-state index in [1.165, 1.54) is 6.92 Å². The number of pyridine rings is 1. The van der Waals surface area contributed by atoms with Crippen LogP contribution in [0.4, 0.5) is 10.6 Å². The highest BCUT2D eigenvalue weighted by Gasteiger charge is 2.36. The van der Waals surface area contributed by atoms with E-state index in [0.717, 1.165) is 16.0 Å². The van der Waals surface area contributed by atoms with Crippen LogP contribution in [0.1, 0.15) is 46.1 Å². The topological polar surface area (TPSA) is 132 Å². The number of carbonyl (C=O) groups excluding carboxylic acids is 3. The van der Waals surface area contributed by atoms with Crippen molar-refractivity contribution in [3.63, 3.8) is 0 Å². The molecule has 0 unspecified atom stereocenters. The van der Waals surface area contributed by atoms with Crippen LogP contribution >= 0.6 is 0 Å². The van der Waals surface area contributed by atoms with Gasteiger partial charge in [-0.05, 0) is 51.8 Å². The molecule has 0 spiro atoms. The average Bonchev–Trinajstić information content (AvgIpc) is 3.05. The first-order valence-electron chi connectivity index (χ1n) is 12.6. The van der Waals surface area contributed by atoms with E-state index in [-0.39, 0.29) is 30.1 Å². The second kappa shape index (κ2) is 10.8. The van der Waals surface area contributed by atoms with Crippen LogP contribution in [-0.4, -0.2) is 80.6 Å². The molecule has 202 valence electrons. The van der Waals surface area contributed by atoms with E-state index in [2.05, 4.69) is 15.3 Å². The minimum absolute atomic E-state index is 0.0183. The van der Waals surface area contributed by atoms with Crippen molar-refractivity contribution in [2.75, 3.05) is 31.6 Å². The summed E-state index contributed by atoms with van der Waals surface area (Å²) in [6.45, 7) is 10.1. The standard InChI is InChI=1S/C27H33N5O6/c1-17-19(9-10-23(33)34)25(36)32(24(17)35)29-22-15-18(20-7-5-6-8-21(20)28-22)16-30-11-13-31(14-12-30)26(37)38-27(2,3)4/h5-8,15H,9-14,16H2,1-4H3,(H,28,29)(H,33,34). The van der Waals surface area contributed by atoms with Gasteiger partial charge in [-0.2, -0.15) is 5.01 Å². The van der Waals surface area contributed by atoms with Gasteiger partial charge in [0.25, 0.3) is 11.8 Å². The molecule has 1 aromatic carbocycles. The SMILES string of the molecule is CC1=C(CCC(=O)O)C(=O)N(Nc2cc(CN3CCN(C(=O)OC(C)(C)C)CC3)c3ccccc3n2)C1=O. The summed E-state index contributed by atoms with van der Waals surface area (Å²) < 4.78 is 5.49. The van der Waals surface area contributed by atoms with Gasteiger partial charge >= 0.3 is 12.1 Å². The number of nitrogens with one attached hydrogen (secondary N) is 1. The van der Waals surface area contributed by atoms with Gasteiger partial charge in [-0.25, -0.2) is 9.78 Å². The highest BCUT2D eigenvalue weighted by molar-refractivity contribution is 6.19. The van der Waals surface area contributed by atoms with Crippen molar-refractivity contribution in [2.45, 2.75) is 52.7 Å². The van der Waals surface area contributed by atoms with Gasteiger partial charge < -0.3 is 14.7 Å². The minimum Gasteiger partial charge on any atom is -0.481 e. The van der Waals surface area contributed by atoms with Gasteiger partial charge in [0.15, 0.2) is 0 Å². The molecule has 1 fully saturated rings. The van der Waals surface area contributed by atoms with Crippen LogP contribution in [0.25, 0.3) is 10.9 Å². The van der Waals surface area contributed by atoms with Gasteiger partial charge in [-0.15, -0.1) is 0 Å². The molecule has 11 heteroatoms. The van der Waals surface area contributed by atoms with E-state index in [1.807, 2.05) is 51.1 Å². The Morgan fingerprint density at radius 3 is 2.42 bits per heavy atom. The summed E-state index contributed by atoms with van der Waals surface area (Å²) in [6, 6.07) is 9.44. The van der Waals surface area contributed by atoms with Crippen molar-refractivity contribution in [3.8, 4) is 0 Å². The van der Waals surface area contributed by atoms with E-state index in [9.17, 15) is 19.2 Å². The number of piperazine rings is 1. The van der Waals surface area contributed by atoms with E-state index in [0.29, 0.717) is 44.1 Å². The Labute approximate surface area is 221 Å². The lowest BCUT2D eigenvalue weighted by Crippen LogP contribution is -2.49. The number of rotatable bonds is 7. The molecule has 0 atom stereocenters. The van der Waals surface area contributed by atoms with Crippen molar-refractivity contribution in [3.05, 3.63) is 47.0 Å². The highest BCUT2D eigenvalue weighted by Crippen LogP contribution is 2.27. The molecule has 4 rings (SSSR count). The number of anilines is 1. The number of fused-ring (bicyclic) bond motifs is 1. The molecule has 0 aliphatic carbocycles. The number of hydrogen-bond acceptors (Lipinski definition) is 8. The van der Waals surface area contributed by atoms with Gasteiger partial charge in [0.1, 0.15) is 11.4 Å². The predicted octanol–water partition coefficient (Wildman–Crippen LogP) is 3.16. The molecule has 11 nitrogen and oxygen atoms in total. The summed E-state index contributed by atoms with van der Waals surface area (Å²) in [6.07, 6.45) is -0.570. The second-order valence-electron chi connectivity index (χ2n) is 10.5. The van der Waals surface area contributed by atoms with Crippen LogP contribution < -0.4 is 5.43 Å². The fourth-order valence-corrected chi connectivity index (χ4v) is 4.52. The smallest absolute Gasteiger partial charge is 0.410 e. The predicted molar refractivity (Wildman–Crippen MR) is 140 cm³/mol. The van der Waals surface area contributed by atoms with Crippen molar-refractivity contribution in [1.82, 2.24) is 19.8 Å². The largest absolute Gasteiger partial charge is 0.481 e. The van der Waals surface area contributed by atoms with E-state index in [4.69, 9.17) is 9.84 Å². The Kier molecular flexibility index (Phi) is 7.68. The molecule has 2 aliphatic heterocycles. The number of aliphatic carboxylic acids is 1. The van der Waals surface area contributed by atoms with E-state index in [1.54, 1.807) is 4.90 Å². The molecule has 2 aliphatic rings. The molecule has 2 aromatic rings. The number of carboxylic acid groups (broad SMARTS) is 1. The van der Waals surface area contributed by atoms with E-state index >= 15 is 0 Å². The molecule has 3 heterocycles. The monoisotopic (exact) mass is 523 g/mol. The molecule has 2 N–H and O–H groups in total. The van der Waals surface area contributed by atoms with Gasteiger partial charge in [-0.1, -0.05) is 18.2 Å². The van der Waals surface area contributed by atoms with Crippen LogP contribution in [0.2, 0.25) is 0 Å². The molecule has 0 radical (unpaired) electrons. The molecule has 3 amide bonds. The number of carbonyl (C=O) groups is 4. The number of ether oxygens (including phenoxy) is 1. The average molecular weight is 524 g/mol. The quantitative estimate of drug-likeness (QED) is 0.525. The maximum absolute atomic E-state index is 12.9. The lowest BCUT2D eigenvalue weighted by atomic mass is 10.1. The maximum atomic E-state index is 12.9. The second-order valence-corrected chi connectivity index (χ2v) is 10.5. The Bertz CT molecular complexity index is 1310. The Hall–Kier alpha value is -3.99. The normalized spacial score (nSPS) is 16.9. The third-order valence-electron chi connectivity index (χ3n) is 6.47. The third kappa shape index (κ3) is 6.10. The number of carboxylic acids is 1. The van der Waals surface area contributed by atoms with Gasteiger partial charge in [0, 0.05) is 55.7 Å². The van der Waals surface area contributed by atoms with Crippen LogP contribution in [0.15, 0.2) is 41.5 Å². The summed E-state index contributed by atoms with van der Waals surface area (Å²) in [7, 11) is 0. The molecule has 38 heavy (non-hydrogen) atoms. The molecule has 1 saturated heterocycles. The van der Waals surface area contributed by atoms with Crippen molar-refractivity contribution >= 4 is 40.6 Å². The zero-order valence-electron chi connectivity index (χ0n) is 22.1. The zero-order chi connectivity index (χ0) is 27.6. The van der Waals surface area contributed by atoms with Crippen molar-refractivity contribution in [2.24, 2.45) is 0 Å². The number of benzene rings is 1. The Balaban J connectivity index is 1.49. The summed E-state index contributed by atoms with van der Waals surface area (Å²) in [5, 5.41) is 10.8. The number of amides is 3. The van der Waals surface area contributed by atoms with Crippen LogP contribution in [0, 0.1) is 0 Å². The van der Waals surface area contributed by atoms with Crippen molar-refractivity contribution < 1.29 is 29.0 Å².